The highest BCUT2D eigenvalue weighted by Crippen LogP contribution is 2.19. The number of aliphatic hydroxyl groups is 2. The molecule has 0 aromatic heterocycles. The molecular weight excluding hydrogens is 116 g/mol. The first-order valence-electron chi connectivity index (χ1n) is 3.30. The maximum absolute atomic E-state index is 8.96. The lowest BCUT2D eigenvalue weighted by Gasteiger charge is -2.04. The summed E-state index contributed by atoms with van der Waals surface area (Å²) < 4.78 is 0. The lowest BCUT2D eigenvalue weighted by atomic mass is 10.1. The smallest absolute Gasteiger partial charge is 0.0726 e. The maximum atomic E-state index is 8.96. The monoisotopic (exact) mass is 128 g/mol. The van der Waals surface area contributed by atoms with E-state index in [1.165, 1.54) is 0 Å². The third-order valence-electron chi connectivity index (χ3n) is 1.65. The highest BCUT2D eigenvalue weighted by Gasteiger charge is 2.14. The third kappa shape index (κ3) is 1.80. The molecule has 2 atom stereocenters. The Morgan fingerprint density at radius 2 is 2.22 bits per heavy atom. The second-order valence-corrected chi connectivity index (χ2v) is 2.46. The van der Waals surface area contributed by atoms with E-state index in [1.807, 2.05) is 6.08 Å². The van der Waals surface area contributed by atoms with Gasteiger partial charge in [-0.05, 0) is 18.8 Å². The van der Waals surface area contributed by atoms with Crippen LogP contribution in [0.4, 0.5) is 0 Å². The van der Waals surface area contributed by atoms with Crippen molar-refractivity contribution in [3.8, 4) is 0 Å². The van der Waals surface area contributed by atoms with Crippen molar-refractivity contribution in [1.29, 1.82) is 0 Å². The fraction of sp³-hybridized carbons (Fsp3) is 0.714. The van der Waals surface area contributed by atoms with Crippen molar-refractivity contribution < 1.29 is 10.2 Å². The Morgan fingerprint density at radius 1 is 1.44 bits per heavy atom. The van der Waals surface area contributed by atoms with Crippen LogP contribution in [0.1, 0.15) is 12.8 Å². The van der Waals surface area contributed by atoms with Crippen LogP contribution in [0.25, 0.3) is 0 Å². The fourth-order valence-corrected chi connectivity index (χ4v) is 1.13. The maximum Gasteiger partial charge on any atom is 0.0726 e. The highest BCUT2D eigenvalue weighted by atomic mass is 16.3. The summed E-state index contributed by atoms with van der Waals surface area (Å²) in [5, 5.41) is 17.5. The summed E-state index contributed by atoms with van der Waals surface area (Å²) in [7, 11) is 0. The van der Waals surface area contributed by atoms with Crippen molar-refractivity contribution in [3.63, 3.8) is 0 Å². The van der Waals surface area contributed by atoms with Gasteiger partial charge in [-0.1, -0.05) is 12.2 Å². The number of allylic oxidation sites excluding steroid dienone is 1. The van der Waals surface area contributed by atoms with E-state index >= 15 is 0 Å². The summed E-state index contributed by atoms with van der Waals surface area (Å²) in [6, 6.07) is 0. The average molecular weight is 128 g/mol. The van der Waals surface area contributed by atoms with E-state index in [1.54, 1.807) is 6.08 Å². The van der Waals surface area contributed by atoms with Gasteiger partial charge in [0.05, 0.1) is 6.10 Å². The van der Waals surface area contributed by atoms with E-state index in [0.717, 1.165) is 12.8 Å². The molecule has 0 bridgehead atoms. The summed E-state index contributed by atoms with van der Waals surface area (Å²) in [6.07, 6.45) is 5.08. The molecule has 0 amide bonds. The summed E-state index contributed by atoms with van der Waals surface area (Å²) in [4.78, 5) is 0. The van der Waals surface area contributed by atoms with Gasteiger partial charge in [0, 0.05) is 6.61 Å². The average Bonchev–Trinajstić information content (AvgIpc) is 2.17. The minimum atomic E-state index is -0.262. The van der Waals surface area contributed by atoms with E-state index in [2.05, 4.69) is 0 Å². The van der Waals surface area contributed by atoms with Gasteiger partial charge in [-0.25, -0.2) is 0 Å². The second kappa shape index (κ2) is 2.99. The molecule has 1 aliphatic rings. The first-order chi connectivity index (χ1) is 4.33. The van der Waals surface area contributed by atoms with Gasteiger partial charge in [0.1, 0.15) is 0 Å². The zero-order chi connectivity index (χ0) is 6.69. The summed E-state index contributed by atoms with van der Waals surface area (Å²) >= 11 is 0. The minimum absolute atomic E-state index is 0.224. The second-order valence-electron chi connectivity index (χ2n) is 2.46. The largest absolute Gasteiger partial charge is 0.396 e. The molecule has 0 aromatic rings. The van der Waals surface area contributed by atoms with Crippen LogP contribution >= 0.6 is 0 Å². The Balaban J connectivity index is 2.24. The van der Waals surface area contributed by atoms with Crippen molar-refractivity contribution >= 4 is 0 Å². The van der Waals surface area contributed by atoms with Gasteiger partial charge >= 0.3 is 0 Å². The number of aliphatic hydroxyl groups excluding tert-OH is 2. The summed E-state index contributed by atoms with van der Waals surface area (Å²) in [5.74, 6) is 0.407. The van der Waals surface area contributed by atoms with E-state index in [4.69, 9.17) is 10.2 Å². The molecule has 0 unspecified atom stereocenters. The molecule has 2 N–H and O–H groups in total. The van der Waals surface area contributed by atoms with Crippen LogP contribution in [0.2, 0.25) is 0 Å². The standard InChI is InChI=1S/C7H12O2/c8-4-3-6-1-2-7(9)5-6/h1-2,6-9H,3-5H2/t6-,7-/m0/s1. The first kappa shape index (κ1) is 6.78. The predicted molar refractivity (Wildman–Crippen MR) is 35.0 cm³/mol. The van der Waals surface area contributed by atoms with Gasteiger partial charge in [0.25, 0.3) is 0 Å². The number of hydrogen-bond acceptors (Lipinski definition) is 2. The summed E-state index contributed by atoms with van der Waals surface area (Å²) in [5.41, 5.74) is 0. The van der Waals surface area contributed by atoms with E-state index in [9.17, 15) is 0 Å². The van der Waals surface area contributed by atoms with Crippen molar-refractivity contribution in [2.24, 2.45) is 5.92 Å². The zero-order valence-corrected chi connectivity index (χ0v) is 5.33. The molecule has 2 heteroatoms. The molecule has 0 aliphatic heterocycles. The normalized spacial score (nSPS) is 33.6. The lowest BCUT2D eigenvalue weighted by molar-refractivity contribution is 0.197. The lowest BCUT2D eigenvalue weighted by Crippen LogP contribution is -2.02. The molecule has 52 valence electrons. The van der Waals surface area contributed by atoms with Crippen LogP contribution in [0.15, 0.2) is 12.2 Å². The number of hydrogen-bond donors (Lipinski definition) is 2. The van der Waals surface area contributed by atoms with Crippen molar-refractivity contribution in [2.75, 3.05) is 6.61 Å². The molecule has 0 heterocycles. The van der Waals surface area contributed by atoms with Gasteiger partial charge in [-0.2, -0.15) is 0 Å². The van der Waals surface area contributed by atoms with Crippen LogP contribution in [-0.2, 0) is 0 Å². The molecule has 0 aromatic carbocycles. The molecule has 0 fully saturated rings. The highest BCUT2D eigenvalue weighted by molar-refractivity contribution is 5.01. The zero-order valence-electron chi connectivity index (χ0n) is 5.33. The molecular formula is C7H12O2. The Kier molecular flexibility index (Phi) is 2.25. The van der Waals surface area contributed by atoms with Gasteiger partial charge in [-0.3, -0.25) is 0 Å². The van der Waals surface area contributed by atoms with Crippen LogP contribution in [-0.4, -0.2) is 22.9 Å². The van der Waals surface area contributed by atoms with Crippen molar-refractivity contribution in [1.82, 2.24) is 0 Å². The molecule has 0 saturated carbocycles. The van der Waals surface area contributed by atoms with Gasteiger partial charge in [0.2, 0.25) is 0 Å². The van der Waals surface area contributed by atoms with Crippen LogP contribution in [0.5, 0.6) is 0 Å². The molecule has 0 saturated heterocycles. The van der Waals surface area contributed by atoms with E-state index in [-0.39, 0.29) is 12.7 Å². The van der Waals surface area contributed by atoms with Crippen molar-refractivity contribution in [2.45, 2.75) is 18.9 Å². The molecule has 0 spiro atoms. The predicted octanol–water partition coefficient (Wildman–Crippen LogP) is 0.306. The Bertz CT molecular complexity index is 109. The Labute approximate surface area is 54.8 Å². The van der Waals surface area contributed by atoms with Gasteiger partial charge in [0.15, 0.2) is 0 Å². The molecule has 0 radical (unpaired) electrons. The fourth-order valence-electron chi connectivity index (χ4n) is 1.13. The molecule has 2 nitrogen and oxygen atoms in total. The quantitative estimate of drug-likeness (QED) is 0.525. The van der Waals surface area contributed by atoms with Crippen LogP contribution in [0.3, 0.4) is 0 Å². The topological polar surface area (TPSA) is 40.5 Å². The number of rotatable bonds is 2. The SMILES string of the molecule is OCC[C@@H]1C=C[C@H](O)C1. The Hall–Kier alpha value is -0.340. The van der Waals surface area contributed by atoms with Crippen LogP contribution < -0.4 is 0 Å². The minimum Gasteiger partial charge on any atom is -0.396 e. The van der Waals surface area contributed by atoms with Gasteiger partial charge in [-0.15, -0.1) is 0 Å². The Morgan fingerprint density at radius 3 is 2.67 bits per heavy atom. The van der Waals surface area contributed by atoms with Gasteiger partial charge < -0.3 is 10.2 Å². The van der Waals surface area contributed by atoms with Crippen molar-refractivity contribution in [3.05, 3.63) is 12.2 Å². The third-order valence-corrected chi connectivity index (χ3v) is 1.65. The molecule has 1 rings (SSSR count). The molecule has 9 heavy (non-hydrogen) atoms. The van der Waals surface area contributed by atoms with E-state index < -0.39 is 0 Å². The molecule has 1 aliphatic carbocycles. The first-order valence-corrected chi connectivity index (χ1v) is 3.30. The summed E-state index contributed by atoms with van der Waals surface area (Å²) in [6.45, 7) is 0.224. The van der Waals surface area contributed by atoms with E-state index in [0.29, 0.717) is 5.92 Å². The van der Waals surface area contributed by atoms with Crippen LogP contribution in [0, 0.1) is 5.92 Å².